The number of para-hydroxylation sites is 1. The molecule has 1 fully saturated rings. The zero-order chi connectivity index (χ0) is 22.5. The van der Waals surface area contributed by atoms with Crippen LogP contribution in [0.5, 0.6) is 0 Å². The number of pyridine rings is 2. The van der Waals surface area contributed by atoms with Crippen LogP contribution in [0.2, 0.25) is 0 Å². The fourth-order valence-corrected chi connectivity index (χ4v) is 4.68. The average Bonchev–Trinajstić information content (AvgIpc) is 3.48. The van der Waals surface area contributed by atoms with E-state index in [9.17, 15) is 0 Å². The van der Waals surface area contributed by atoms with Crippen LogP contribution in [0.3, 0.4) is 0 Å². The molecular formula is C26H26N6S. The minimum atomic E-state index is -0.0434. The van der Waals surface area contributed by atoms with Crippen molar-refractivity contribution in [3.8, 4) is 5.82 Å². The molecule has 2 atom stereocenters. The average molecular weight is 455 g/mol. The van der Waals surface area contributed by atoms with E-state index in [2.05, 4.69) is 66.6 Å². The first-order valence-corrected chi connectivity index (χ1v) is 11.6. The first-order valence-electron chi connectivity index (χ1n) is 11.2. The predicted molar refractivity (Wildman–Crippen MR) is 135 cm³/mol. The Labute approximate surface area is 199 Å². The van der Waals surface area contributed by atoms with Crippen molar-refractivity contribution in [2.24, 2.45) is 0 Å². The molecule has 0 aliphatic carbocycles. The maximum Gasteiger partial charge on any atom is 0.170 e. The number of hydrogen-bond acceptors (Lipinski definition) is 4. The highest BCUT2D eigenvalue weighted by Gasteiger charge is 2.41. The summed E-state index contributed by atoms with van der Waals surface area (Å²) in [6, 6.07) is 26.4. The second-order valence-corrected chi connectivity index (χ2v) is 8.34. The third kappa shape index (κ3) is 4.59. The summed E-state index contributed by atoms with van der Waals surface area (Å²) >= 11 is 5.81. The van der Waals surface area contributed by atoms with Gasteiger partial charge in [0.2, 0.25) is 0 Å². The maximum atomic E-state index is 5.81. The van der Waals surface area contributed by atoms with Crippen LogP contribution in [0.4, 0.5) is 5.69 Å². The minimum absolute atomic E-state index is 0.00105. The Morgan fingerprint density at radius 1 is 0.879 bits per heavy atom. The summed E-state index contributed by atoms with van der Waals surface area (Å²) in [5.41, 5.74) is 3.24. The molecule has 1 saturated heterocycles. The van der Waals surface area contributed by atoms with Gasteiger partial charge in [0, 0.05) is 43.1 Å². The van der Waals surface area contributed by atoms with E-state index in [0.29, 0.717) is 0 Å². The van der Waals surface area contributed by atoms with Crippen LogP contribution in [0.25, 0.3) is 5.82 Å². The summed E-state index contributed by atoms with van der Waals surface area (Å²) in [7, 11) is 0. The Morgan fingerprint density at radius 3 is 2.42 bits per heavy atom. The first kappa shape index (κ1) is 21.2. The zero-order valence-electron chi connectivity index (χ0n) is 18.2. The highest BCUT2D eigenvalue weighted by Crippen LogP contribution is 2.39. The molecule has 0 bridgehead atoms. The van der Waals surface area contributed by atoms with E-state index in [4.69, 9.17) is 12.2 Å². The molecule has 3 aromatic heterocycles. The molecule has 4 aromatic rings. The Balaban J connectivity index is 1.41. The van der Waals surface area contributed by atoms with Crippen molar-refractivity contribution in [3.63, 3.8) is 0 Å². The highest BCUT2D eigenvalue weighted by atomic mass is 32.1. The number of benzene rings is 1. The molecule has 0 spiro atoms. The molecule has 166 valence electrons. The van der Waals surface area contributed by atoms with Crippen molar-refractivity contribution < 1.29 is 0 Å². The van der Waals surface area contributed by atoms with Crippen LogP contribution in [0, 0.1) is 0 Å². The first-order chi connectivity index (χ1) is 16.3. The van der Waals surface area contributed by atoms with E-state index in [-0.39, 0.29) is 12.1 Å². The molecule has 1 aromatic carbocycles. The molecule has 1 aliphatic heterocycles. The summed E-state index contributed by atoms with van der Waals surface area (Å²) < 4.78 is 2.14. The number of nitrogens with zero attached hydrogens (tertiary/aromatic N) is 4. The number of rotatable bonds is 8. The molecule has 0 radical (unpaired) electrons. The van der Waals surface area contributed by atoms with Crippen molar-refractivity contribution in [3.05, 3.63) is 109 Å². The second-order valence-electron chi connectivity index (χ2n) is 7.96. The molecule has 0 saturated carbocycles. The number of hydrogen-bond donors (Lipinski definition) is 2. The fraction of sp³-hybridized carbons (Fsp3) is 0.192. The van der Waals surface area contributed by atoms with Crippen LogP contribution in [0.1, 0.15) is 29.9 Å². The van der Waals surface area contributed by atoms with Gasteiger partial charge >= 0.3 is 0 Å². The van der Waals surface area contributed by atoms with E-state index in [1.807, 2.05) is 60.9 Å². The Bertz CT molecular complexity index is 1180. The predicted octanol–water partition coefficient (Wildman–Crippen LogP) is 4.74. The molecule has 0 amide bonds. The molecule has 5 rings (SSSR count). The standard InChI is InChI=1S/C26H26N6S/c33-26-30-24(21-12-4-6-15-28-21)25(22-13-8-18-31(22)23-14-5-7-16-29-23)32(26)19-9-17-27-20-10-2-1-3-11-20/h1-8,10-16,18,24-25,27H,9,17,19H2,(H,30,33)/t24-,25-/m0/s1. The molecular weight excluding hydrogens is 428 g/mol. The smallest absolute Gasteiger partial charge is 0.170 e. The third-order valence-electron chi connectivity index (χ3n) is 5.86. The highest BCUT2D eigenvalue weighted by molar-refractivity contribution is 7.80. The van der Waals surface area contributed by atoms with Crippen LogP contribution in [-0.4, -0.2) is 37.6 Å². The summed E-state index contributed by atoms with van der Waals surface area (Å²) in [5, 5.41) is 7.79. The zero-order valence-corrected chi connectivity index (χ0v) is 19.0. The fourth-order valence-electron chi connectivity index (χ4n) is 4.35. The van der Waals surface area contributed by atoms with Crippen molar-refractivity contribution in [1.29, 1.82) is 0 Å². The molecule has 6 nitrogen and oxygen atoms in total. The minimum Gasteiger partial charge on any atom is -0.385 e. The SMILES string of the molecule is S=C1N[C@@H](c2ccccn2)[C@H](c2cccn2-c2ccccn2)N1CCCNc1ccccc1. The van der Waals surface area contributed by atoms with Gasteiger partial charge in [0.25, 0.3) is 0 Å². The maximum absolute atomic E-state index is 5.81. The monoisotopic (exact) mass is 454 g/mol. The van der Waals surface area contributed by atoms with Crippen LogP contribution in [0.15, 0.2) is 97.5 Å². The Hall–Kier alpha value is -3.71. The van der Waals surface area contributed by atoms with Gasteiger partial charge in [-0.2, -0.15) is 0 Å². The summed E-state index contributed by atoms with van der Waals surface area (Å²) in [6.45, 7) is 1.69. The van der Waals surface area contributed by atoms with E-state index >= 15 is 0 Å². The van der Waals surface area contributed by atoms with Crippen molar-refractivity contribution >= 4 is 23.0 Å². The normalized spacial score (nSPS) is 17.7. The van der Waals surface area contributed by atoms with Gasteiger partial charge in [0.1, 0.15) is 5.82 Å². The van der Waals surface area contributed by atoms with Gasteiger partial charge in [-0.1, -0.05) is 30.3 Å². The Morgan fingerprint density at radius 2 is 1.67 bits per heavy atom. The van der Waals surface area contributed by atoms with Gasteiger partial charge in [-0.25, -0.2) is 4.98 Å². The molecule has 1 aliphatic rings. The van der Waals surface area contributed by atoms with Crippen molar-refractivity contribution in [1.82, 2.24) is 24.8 Å². The largest absolute Gasteiger partial charge is 0.385 e. The van der Waals surface area contributed by atoms with Gasteiger partial charge < -0.3 is 20.1 Å². The van der Waals surface area contributed by atoms with Gasteiger partial charge in [-0.15, -0.1) is 0 Å². The second kappa shape index (κ2) is 9.83. The quantitative estimate of drug-likeness (QED) is 0.296. The number of thiocarbonyl (C=S) groups is 1. The lowest BCUT2D eigenvalue weighted by Crippen LogP contribution is -2.32. The lowest BCUT2D eigenvalue weighted by Gasteiger charge is -2.28. The van der Waals surface area contributed by atoms with Crippen LogP contribution in [-0.2, 0) is 0 Å². The van der Waals surface area contributed by atoms with E-state index in [1.165, 1.54) is 0 Å². The molecule has 2 N–H and O–H groups in total. The molecule has 4 heterocycles. The van der Waals surface area contributed by atoms with Gasteiger partial charge in [-0.05, 0) is 67.2 Å². The van der Waals surface area contributed by atoms with E-state index < -0.39 is 0 Å². The lowest BCUT2D eigenvalue weighted by molar-refractivity contribution is 0.307. The number of anilines is 1. The molecule has 7 heteroatoms. The van der Waals surface area contributed by atoms with Crippen molar-refractivity contribution in [2.45, 2.75) is 18.5 Å². The van der Waals surface area contributed by atoms with Crippen LogP contribution >= 0.6 is 12.2 Å². The lowest BCUT2D eigenvalue weighted by atomic mass is 10.0. The third-order valence-corrected chi connectivity index (χ3v) is 6.21. The number of aromatic nitrogens is 3. The topological polar surface area (TPSA) is 58.0 Å². The van der Waals surface area contributed by atoms with Crippen molar-refractivity contribution in [2.75, 3.05) is 18.4 Å². The van der Waals surface area contributed by atoms with Crippen LogP contribution < -0.4 is 10.6 Å². The Kier molecular flexibility index (Phi) is 6.30. The van der Waals surface area contributed by atoms with Gasteiger partial charge in [0.15, 0.2) is 5.11 Å². The summed E-state index contributed by atoms with van der Waals surface area (Å²) in [5.74, 6) is 0.890. The van der Waals surface area contributed by atoms with Gasteiger partial charge in [0.05, 0.1) is 17.8 Å². The molecule has 33 heavy (non-hydrogen) atoms. The summed E-state index contributed by atoms with van der Waals surface area (Å²) in [4.78, 5) is 11.5. The van der Waals surface area contributed by atoms with E-state index in [0.717, 1.165) is 47.5 Å². The van der Waals surface area contributed by atoms with E-state index in [1.54, 1.807) is 0 Å². The molecule has 0 unspecified atom stereocenters. The van der Waals surface area contributed by atoms with Gasteiger partial charge in [-0.3, -0.25) is 4.98 Å². The summed E-state index contributed by atoms with van der Waals surface area (Å²) in [6.07, 6.45) is 6.66. The number of nitrogens with one attached hydrogen (secondary N) is 2.